The second kappa shape index (κ2) is 10.2. The van der Waals surface area contributed by atoms with Crippen molar-refractivity contribution in [3.8, 4) is 5.75 Å². The largest absolute Gasteiger partial charge is 0.491 e. The van der Waals surface area contributed by atoms with Crippen LogP contribution >= 0.6 is 0 Å². The van der Waals surface area contributed by atoms with Gasteiger partial charge in [0.2, 0.25) is 0 Å². The summed E-state index contributed by atoms with van der Waals surface area (Å²) < 4.78 is 29.3. The van der Waals surface area contributed by atoms with Gasteiger partial charge in [0.25, 0.3) is 0 Å². The molecule has 0 amide bonds. The summed E-state index contributed by atoms with van der Waals surface area (Å²) in [6.07, 6.45) is 7.20. The number of allylic oxidation sites excluding steroid dienone is 1. The van der Waals surface area contributed by atoms with E-state index in [9.17, 15) is 4.79 Å². The third-order valence-corrected chi connectivity index (χ3v) is 7.16. The van der Waals surface area contributed by atoms with Crippen LogP contribution in [0.25, 0.3) is 6.08 Å². The summed E-state index contributed by atoms with van der Waals surface area (Å²) in [7, 11) is 1.67. The maximum atomic E-state index is 12.7. The molecule has 0 unspecified atom stereocenters. The Balaban J connectivity index is 1.39. The molecule has 1 saturated carbocycles. The highest BCUT2D eigenvalue weighted by Crippen LogP contribution is 2.59. The predicted octanol–water partition coefficient (Wildman–Crippen LogP) is 3.69. The molecule has 3 fully saturated rings. The van der Waals surface area contributed by atoms with E-state index in [1.165, 1.54) is 11.6 Å². The number of aliphatic hydroxyl groups excluding tert-OH is 1. The molecule has 7 nitrogen and oxygen atoms in total. The third kappa shape index (κ3) is 5.38. The average molecular weight is 473 g/mol. The molecule has 0 aromatic heterocycles. The van der Waals surface area contributed by atoms with Crippen molar-refractivity contribution in [1.82, 2.24) is 0 Å². The minimum atomic E-state index is -0.401. The lowest BCUT2D eigenvalue weighted by Gasteiger charge is -2.42. The highest BCUT2D eigenvalue weighted by molar-refractivity contribution is 5.87. The Bertz CT molecular complexity index is 913. The van der Waals surface area contributed by atoms with Gasteiger partial charge in [-0.25, -0.2) is 4.79 Å². The van der Waals surface area contributed by atoms with Crippen molar-refractivity contribution in [2.75, 3.05) is 26.9 Å². The SMILES string of the molecule is CO[C@@H]1[C@H](OC(=O)/C=C/c2ccc(OCCO)cc2)CC[C@]2(CO2)[C@H]1[C@]1(C)O[C@@H]1CC=C(C)C. The second-order valence-electron chi connectivity index (χ2n) is 9.83. The number of hydrogen-bond donors (Lipinski definition) is 1. The normalized spacial score (nSPS) is 34.1. The molecule has 2 saturated heterocycles. The van der Waals surface area contributed by atoms with Gasteiger partial charge in [-0.05, 0) is 63.8 Å². The number of rotatable bonds is 10. The fraction of sp³-hybridized carbons (Fsp3) is 0.593. The van der Waals surface area contributed by atoms with Gasteiger partial charge >= 0.3 is 5.97 Å². The van der Waals surface area contributed by atoms with E-state index in [1.54, 1.807) is 25.3 Å². The van der Waals surface area contributed by atoms with Crippen molar-refractivity contribution in [1.29, 1.82) is 0 Å². The number of ether oxygens (including phenoxy) is 5. The summed E-state index contributed by atoms with van der Waals surface area (Å²) >= 11 is 0. The van der Waals surface area contributed by atoms with Crippen LogP contribution in [0.15, 0.2) is 42.0 Å². The highest BCUT2D eigenvalue weighted by atomic mass is 16.6. The van der Waals surface area contributed by atoms with Gasteiger partial charge < -0.3 is 28.8 Å². The van der Waals surface area contributed by atoms with Crippen molar-refractivity contribution < 1.29 is 33.6 Å². The fourth-order valence-electron chi connectivity index (χ4n) is 5.26. The Morgan fingerprint density at radius 1 is 1.26 bits per heavy atom. The van der Waals surface area contributed by atoms with Crippen LogP contribution in [-0.2, 0) is 23.7 Å². The zero-order chi connectivity index (χ0) is 24.3. The predicted molar refractivity (Wildman–Crippen MR) is 127 cm³/mol. The van der Waals surface area contributed by atoms with E-state index in [0.717, 1.165) is 18.4 Å². The number of methoxy groups -OCH3 is 1. The van der Waals surface area contributed by atoms with E-state index in [4.69, 9.17) is 28.8 Å². The Morgan fingerprint density at radius 3 is 2.62 bits per heavy atom. The molecule has 34 heavy (non-hydrogen) atoms. The van der Waals surface area contributed by atoms with E-state index >= 15 is 0 Å². The topological polar surface area (TPSA) is 90.1 Å². The first-order valence-electron chi connectivity index (χ1n) is 12.0. The number of epoxide rings is 2. The lowest BCUT2D eigenvalue weighted by molar-refractivity contribution is -0.166. The average Bonchev–Trinajstić information content (AvgIpc) is 3.74. The standard InChI is InChI=1S/C27H36O7/c1-18(2)5-11-22-26(3,34-22)25-24(30-4)21(13-14-27(25)17-32-27)33-23(29)12-8-19-6-9-20(10-7-19)31-16-15-28/h5-10,12,21-22,24-25,28H,11,13-17H2,1-4H3/b12-8+/t21-,22-,24-,25-,26-,27+/m1/s1. The second-order valence-corrected chi connectivity index (χ2v) is 9.83. The molecule has 186 valence electrons. The molecule has 1 aliphatic carbocycles. The minimum Gasteiger partial charge on any atom is -0.491 e. The zero-order valence-corrected chi connectivity index (χ0v) is 20.5. The van der Waals surface area contributed by atoms with Gasteiger partial charge in [-0.1, -0.05) is 23.8 Å². The van der Waals surface area contributed by atoms with Crippen LogP contribution in [0.4, 0.5) is 0 Å². The van der Waals surface area contributed by atoms with Crippen LogP contribution in [0, 0.1) is 5.92 Å². The summed E-state index contributed by atoms with van der Waals surface area (Å²) in [5.41, 5.74) is 1.52. The van der Waals surface area contributed by atoms with Gasteiger partial charge in [0, 0.05) is 13.2 Å². The van der Waals surface area contributed by atoms with Crippen LogP contribution in [0.1, 0.15) is 45.6 Å². The molecule has 1 aromatic rings. The monoisotopic (exact) mass is 472 g/mol. The molecule has 4 rings (SSSR count). The first-order chi connectivity index (χ1) is 16.3. The lowest BCUT2D eigenvalue weighted by Crippen LogP contribution is -2.55. The quantitative estimate of drug-likeness (QED) is 0.240. The van der Waals surface area contributed by atoms with Crippen molar-refractivity contribution in [2.24, 2.45) is 5.92 Å². The Morgan fingerprint density at radius 2 is 2.00 bits per heavy atom. The van der Waals surface area contributed by atoms with Crippen molar-refractivity contribution in [2.45, 2.75) is 69.5 Å². The number of benzene rings is 1. The summed E-state index contributed by atoms with van der Waals surface area (Å²) in [4.78, 5) is 12.7. The summed E-state index contributed by atoms with van der Waals surface area (Å²) in [6.45, 7) is 7.22. The number of hydrogen-bond acceptors (Lipinski definition) is 7. The molecule has 1 aromatic carbocycles. The molecule has 0 bridgehead atoms. The van der Waals surface area contributed by atoms with Crippen LogP contribution in [-0.4, -0.2) is 67.5 Å². The molecular weight excluding hydrogens is 436 g/mol. The third-order valence-electron chi connectivity index (χ3n) is 7.16. The van der Waals surface area contributed by atoms with Gasteiger partial charge in [0.15, 0.2) is 0 Å². The summed E-state index contributed by atoms with van der Waals surface area (Å²) in [6, 6.07) is 7.28. The van der Waals surface area contributed by atoms with Gasteiger partial charge in [-0.15, -0.1) is 0 Å². The molecular formula is C27H36O7. The molecule has 3 aliphatic rings. The first kappa shape index (κ1) is 24.9. The van der Waals surface area contributed by atoms with Crippen LogP contribution in [0.5, 0.6) is 5.75 Å². The van der Waals surface area contributed by atoms with Crippen molar-refractivity contribution in [3.05, 3.63) is 47.6 Å². The number of carbonyl (C=O) groups is 1. The Hall–Kier alpha value is -2.19. The van der Waals surface area contributed by atoms with Gasteiger partial charge in [-0.2, -0.15) is 0 Å². The summed E-state index contributed by atoms with van der Waals surface area (Å²) in [5.74, 6) is 0.268. The molecule has 2 aliphatic heterocycles. The van der Waals surface area contributed by atoms with E-state index in [1.807, 2.05) is 12.1 Å². The Labute approximate surface area is 201 Å². The first-order valence-corrected chi connectivity index (χ1v) is 12.0. The molecule has 7 heteroatoms. The lowest BCUT2D eigenvalue weighted by atomic mass is 9.68. The van der Waals surface area contributed by atoms with Gasteiger partial charge in [0.1, 0.15) is 35.8 Å². The van der Waals surface area contributed by atoms with Crippen LogP contribution in [0.2, 0.25) is 0 Å². The fourth-order valence-corrected chi connectivity index (χ4v) is 5.26. The number of aliphatic hydroxyl groups is 1. The van der Waals surface area contributed by atoms with Crippen molar-refractivity contribution >= 4 is 12.0 Å². The van der Waals surface area contributed by atoms with E-state index in [-0.39, 0.29) is 48.6 Å². The molecule has 2 heterocycles. The maximum Gasteiger partial charge on any atom is 0.331 e. The highest BCUT2D eigenvalue weighted by Gasteiger charge is 2.72. The number of carbonyl (C=O) groups excluding carboxylic acids is 1. The van der Waals surface area contributed by atoms with Gasteiger partial charge in [0.05, 0.1) is 25.2 Å². The van der Waals surface area contributed by atoms with Crippen LogP contribution < -0.4 is 4.74 Å². The van der Waals surface area contributed by atoms with E-state index in [0.29, 0.717) is 18.8 Å². The summed E-state index contributed by atoms with van der Waals surface area (Å²) in [5, 5.41) is 8.84. The van der Waals surface area contributed by atoms with Crippen LogP contribution in [0.3, 0.4) is 0 Å². The van der Waals surface area contributed by atoms with Gasteiger partial charge in [-0.3, -0.25) is 0 Å². The van der Waals surface area contributed by atoms with E-state index in [2.05, 4.69) is 26.8 Å². The molecule has 0 radical (unpaired) electrons. The zero-order valence-electron chi connectivity index (χ0n) is 20.5. The minimum absolute atomic E-state index is 0.00237. The molecule has 6 atom stereocenters. The molecule has 1 spiro atoms. The maximum absolute atomic E-state index is 12.7. The Kier molecular flexibility index (Phi) is 7.48. The molecule has 1 N–H and O–H groups in total. The smallest absolute Gasteiger partial charge is 0.331 e. The van der Waals surface area contributed by atoms with Crippen molar-refractivity contribution in [3.63, 3.8) is 0 Å². The number of esters is 1. The van der Waals surface area contributed by atoms with E-state index < -0.39 is 5.97 Å².